The summed E-state index contributed by atoms with van der Waals surface area (Å²) in [5, 5.41) is 14.3. The molecule has 2 N–H and O–H groups in total. The molecule has 0 spiro atoms. The van der Waals surface area contributed by atoms with Gasteiger partial charge in [-0.05, 0) is 67.3 Å². The Morgan fingerprint density at radius 2 is 1.72 bits per heavy atom. The molecule has 29 heavy (non-hydrogen) atoms. The molecule has 4 rings (SSSR count). The lowest BCUT2D eigenvalue weighted by Crippen LogP contribution is -2.24. The Morgan fingerprint density at radius 3 is 2.41 bits per heavy atom. The number of aromatic nitrogens is 2. The van der Waals surface area contributed by atoms with E-state index in [2.05, 4.69) is 37.9 Å². The van der Waals surface area contributed by atoms with E-state index in [4.69, 9.17) is 0 Å². The van der Waals surface area contributed by atoms with E-state index in [1.54, 1.807) is 12.1 Å². The number of amides is 1. The smallest absolute Gasteiger partial charge is 0.272 e. The molecule has 0 unspecified atom stereocenters. The number of nitrogens with one attached hydrogen (secondary N) is 2. The lowest BCUT2D eigenvalue weighted by atomic mass is 10.1. The minimum absolute atomic E-state index is 0.234. The molecule has 6 nitrogen and oxygen atoms in total. The third-order valence-corrected chi connectivity index (χ3v) is 5.21. The zero-order valence-electron chi connectivity index (χ0n) is 16.6. The van der Waals surface area contributed by atoms with Crippen LogP contribution in [0, 0.1) is 6.92 Å². The topological polar surface area (TPSA) is 70.2 Å². The summed E-state index contributed by atoms with van der Waals surface area (Å²) >= 11 is 0. The van der Waals surface area contributed by atoms with Gasteiger partial charge in [-0.2, -0.15) is 0 Å². The Labute approximate surface area is 171 Å². The van der Waals surface area contributed by atoms with Crippen molar-refractivity contribution in [1.29, 1.82) is 0 Å². The number of carbonyl (C=O) groups excluding carboxylic acids is 1. The minimum Gasteiger partial charge on any atom is -0.372 e. The molecule has 0 atom stereocenters. The predicted molar refractivity (Wildman–Crippen MR) is 116 cm³/mol. The summed E-state index contributed by atoms with van der Waals surface area (Å²) in [6.45, 7) is 4.76. The Kier molecular flexibility index (Phi) is 5.70. The van der Waals surface area contributed by atoms with Gasteiger partial charge < -0.3 is 15.5 Å². The van der Waals surface area contributed by atoms with Crippen LogP contribution in [0.3, 0.4) is 0 Å². The highest BCUT2D eigenvalue weighted by atomic mass is 16.1. The Bertz CT molecular complexity index is 963. The van der Waals surface area contributed by atoms with Crippen LogP contribution in [-0.4, -0.2) is 29.2 Å². The summed E-state index contributed by atoms with van der Waals surface area (Å²) < 4.78 is 0. The first-order valence-corrected chi connectivity index (χ1v) is 9.97. The summed E-state index contributed by atoms with van der Waals surface area (Å²) in [5.41, 5.74) is 4.73. The lowest BCUT2D eigenvalue weighted by Gasteiger charge is -2.17. The van der Waals surface area contributed by atoms with Crippen LogP contribution < -0.4 is 15.5 Å². The maximum absolute atomic E-state index is 12.3. The van der Waals surface area contributed by atoms with Crippen LogP contribution >= 0.6 is 0 Å². The summed E-state index contributed by atoms with van der Waals surface area (Å²) in [6, 6.07) is 19.7. The lowest BCUT2D eigenvalue weighted by molar-refractivity contribution is 0.0945. The van der Waals surface area contributed by atoms with Gasteiger partial charge in [0.15, 0.2) is 11.5 Å². The number of rotatable bonds is 6. The fourth-order valence-corrected chi connectivity index (χ4v) is 3.47. The largest absolute Gasteiger partial charge is 0.372 e. The molecule has 0 bridgehead atoms. The van der Waals surface area contributed by atoms with Crippen molar-refractivity contribution in [2.24, 2.45) is 0 Å². The van der Waals surface area contributed by atoms with Gasteiger partial charge in [-0.15, -0.1) is 10.2 Å². The molecule has 2 aromatic carbocycles. The van der Waals surface area contributed by atoms with Crippen LogP contribution in [0.4, 0.5) is 17.2 Å². The zero-order valence-corrected chi connectivity index (χ0v) is 16.6. The number of hydrogen-bond donors (Lipinski definition) is 2. The summed E-state index contributed by atoms with van der Waals surface area (Å²) in [5.74, 6) is 0.372. The van der Waals surface area contributed by atoms with E-state index in [9.17, 15) is 4.79 Å². The van der Waals surface area contributed by atoms with Crippen LogP contribution in [0.5, 0.6) is 0 Å². The second kappa shape index (κ2) is 8.73. The molecule has 1 aliphatic rings. The molecule has 0 aliphatic carbocycles. The molecular weight excluding hydrogens is 362 g/mol. The van der Waals surface area contributed by atoms with Gasteiger partial charge in [0.2, 0.25) is 0 Å². The minimum atomic E-state index is -0.234. The van der Waals surface area contributed by atoms with E-state index in [0.29, 0.717) is 18.1 Å². The van der Waals surface area contributed by atoms with Gasteiger partial charge in [0, 0.05) is 31.0 Å². The van der Waals surface area contributed by atoms with Gasteiger partial charge in [0.1, 0.15) is 0 Å². The van der Waals surface area contributed by atoms with Crippen LogP contribution in [0.1, 0.15) is 34.5 Å². The number of nitrogens with zero attached hydrogens (tertiary/aromatic N) is 3. The van der Waals surface area contributed by atoms with E-state index in [-0.39, 0.29) is 5.91 Å². The molecule has 0 radical (unpaired) electrons. The molecule has 2 heterocycles. The normalized spacial score (nSPS) is 13.3. The van der Waals surface area contributed by atoms with Gasteiger partial charge in [-0.3, -0.25) is 4.79 Å². The third kappa shape index (κ3) is 4.71. The van der Waals surface area contributed by atoms with Gasteiger partial charge in [0.05, 0.1) is 0 Å². The highest BCUT2D eigenvalue weighted by Crippen LogP contribution is 2.23. The molecule has 6 heteroatoms. The highest BCUT2D eigenvalue weighted by Gasteiger charge is 2.12. The summed E-state index contributed by atoms with van der Waals surface area (Å²) in [7, 11) is 0. The van der Waals surface area contributed by atoms with Crippen molar-refractivity contribution in [1.82, 2.24) is 15.5 Å². The van der Waals surface area contributed by atoms with Crippen LogP contribution in [-0.2, 0) is 6.54 Å². The van der Waals surface area contributed by atoms with Crippen LogP contribution in [0.25, 0.3) is 0 Å². The molecule has 1 aliphatic heterocycles. The zero-order chi connectivity index (χ0) is 20.1. The fraction of sp³-hybridized carbons (Fsp3) is 0.261. The van der Waals surface area contributed by atoms with Crippen LogP contribution in [0.15, 0.2) is 60.7 Å². The average Bonchev–Trinajstić information content (AvgIpc) is 3.29. The van der Waals surface area contributed by atoms with Gasteiger partial charge in [-0.25, -0.2) is 0 Å². The van der Waals surface area contributed by atoms with Gasteiger partial charge in [0.25, 0.3) is 5.91 Å². The van der Waals surface area contributed by atoms with E-state index >= 15 is 0 Å². The molecule has 1 saturated heterocycles. The molecule has 1 aromatic heterocycles. The Hall–Kier alpha value is -3.41. The van der Waals surface area contributed by atoms with Crippen molar-refractivity contribution >= 4 is 23.1 Å². The van der Waals surface area contributed by atoms with Crippen LogP contribution in [0.2, 0.25) is 0 Å². The van der Waals surface area contributed by atoms with Gasteiger partial charge in [-0.1, -0.05) is 24.3 Å². The molecule has 1 amide bonds. The van der Waals surface area contributed by atoms with E-state index in [1.165, 1.54) is 18.5 Å². The highest BCUT2D eigenvalue weighted by molar-refractivity contribution is 5.92. The number of benzene rings is 2. The van der Waals surface area contributed by atoms with Crippen molar-refractivity contribution in [2.45, 2.75) is 26.3 Å². The van der Waals surface area contributed by atoms with E-state index < -0.39 is 0 Å². The number of aryl methyl sites for hydroxylation is 1. The quantitative estimate of drug-likeness (QED) is 0.667. The maximum atomic E-state index is 12.3. The number of anilines is 3. The molecule has 1 fully saturated rings. The van der Waals surface area contributed by atoms with Crippen molar-refractivity contribution in [3.05, 3.63) is 77.5 Å². The second-order valence-electron chi connectivity index (χ2n) is 7.28. The first-order valence-electron chi connectivity index (χ1n) is 9.97. The van der Waals surface area contributed by atoms with Gasteiger partial charge >= 0.3 is 0 Å². The third-order valence-electron chi connectivity index (χ3n) is 5.21. The summed E-state index contributed by atoms with van der Waals surface area (Å²) in [6.07, 6.45) is 2.53. The number of carbonyl (C=O) groups is 1. The summed E-state index contributed by atoms with van der Waals surface area (Å²) in [4.78, 5) is 14.7. The molecule has 3 aromatic rings. The predicted octanol–water partition coefficient (Wildman–Crippen LogP) is 4.06. The fourth-order valence-electron chi connectivity index (χ4n) is 3.47. The van der Waals surface area contributed by atoms with Crippen molar-refractivity contribution < 1.29 is 4.79 Å². The van der Waals surface area contributed by atoms with Crippen molar-refractivity contribution in [3.63, 3.8) is 0 Å². The monoisotopic (exact) mass is 387 g/mol. The molecular formula is C23H25N5O. The maximum Gasteiger partial charge on any atom is 0.272 e. The molecule has 0 saturated carbocycles. The first-order chi connectivity index (χ1) is 14.2. The van der Waals surface area contributed by atoms with E-state index in [0.717, 1.165) is 29.9 Å². The van der Waals surface area contributed by atoms with Crippen molar-refractivity contribution in [2.75, 3.05) is 23.3 Å². The Morgan fingerprint density at radius 1 is 0.966 bits per heavy atom. The standard InChI is InChI=1S/C23H25N5O/c1-17-6-2-3-7-18(17)16-24-23(29)21-12-13-22(27-26-21)25-19-8-10-20(11-9-19)28-14-4-5-15-28/h2-3,6-13H,4-5,14-16H2,1H3,(H,24,29)(H,25,27). The number of hydrogen-bond acceptors (Lipinski definition) is 5. The first kappa shape index (κ1) is 18.9. The Balaban J connectivity index is 1.33. The average molecular weight is 387 g/mol. The second-order valence-corrected chi connectivity index (χ2v) is 7.28. The van der Waals surface area contributed by atoms with E-state index in [1.807, 2.05) is 43.3 Å². The SMILES string of the molecule is Cc1ccccc1CNC(=O)c1ccc(Nc2ccc(N3CCCC3)cc2)nn1. The molecule has 148 valence electrons. The van der Waals surface area contributed by atoms with Crippen molar-refractivity contribution in [3.8, 4) is 0 Å².